The van der Waals surface area contributed by atoms with E-state index < -0.39 is 0 Å². The van der Waals surface area contributed by atoms with Crippen LogP contribution in [0.3, 0.4) is 0 Å². The maximum atomic E-state index is 4.69. The molecule has 0 unspecified atom stereocenters. The highest BCUT2D eigenvalue weighted by molar-refractivity contribution is 5.92. The van der Waals surface area contributed by atoms with Gasteiger partial charge < -0.3 is 10.2 Å². The van der Waals surface area contributed by atoms with Gasteiger partial charge in [-0.3, -0.25) is 10.00 Å². The summed E-state index contributed by atoms with van der Waals surface area (Å²) in [7, 11) is 0. The number of hydrogen-bond acceptors (Lipinski definition) is 4. The molecule has 1 aromatic carbocycles. The predicted octanol–water partition coefficient (Wildman–Crippen LogP) is 1.84. The van der Waals surface area contributed by atoms with E-state index in [1.54, 1.807) is 0 Å². The number of benzene rings is 1. The molecule has 2 aromatic rings. The molecule has 110 valence electrons. The molecular weight excluding hydrogens is 262 g/mol. The summed E-state index contributed by atoms with van der Waals surface area (Å²) in [4.78, 5) is 2.25. The summed E-state index contributed by atoms with van der Waals surface area (Å²) in [6.07, 6.45) is 8.65. The van der Waals surface area contributed by atoms with Crippen LogP contribution in [0.5, 0.6) is 0 Å². The van der Waals surface area contributed by atoms with Crippen LogP contribution in [0.15, 0.2) is 36.7 Å². The zero-order valence-corrected chi connectivity index (χ0v) is 12.1. The van der Waals surface area contributed by atoms with Crippen molar-refractivity contribution in [2.45, 2.75) is 18.9 Å². The van der Waals surface area contributed by atoms with Gasteiger partial charge in [-0.05, 0) is 38.1 Å². The van der Waals surface area contributed by atoms with Gasteiger partial charge in [0.25, 0.3) is 0 Å². The molecule has 1 aromatic heterocycles. The fourth-order valence-electron chi connectivity index (χ4n) is 3.31. The zero-order chi connectivity index (χ0) is 14.1. The van der Waals surface area contributed by atoms with Gasteiger partial charge in [-0.15, -0.1) is 0 Å². The molecule has 1 saturated heterocycles. The zero-order valence-electron chi connectivity index (χ0n) is 12.1. The van der Waals surface area contributed by atoms with E-state index in [0.717, 1.165) is 39.1 Å². The molecule has 5 nitrogen and oxygen atoms in total. The van der Waals surface area contributed by atoms with E-state index in [-0.39, 0.29) is 0 Å². The maximum absolute atomic E-state index is 4.69. The number of piperidine rings is 1. The minimum absolute atomic E-state index is 0.522. The molecule has 5 heteroatoms. The van der Waals surface area contributed by atoms with Crippen LogP contribution in [0.2, 0.25) is 0 Å². The first-order valence-corrected chi connectivity index (χ1v) is 7.74. The average molecular weight is 283 g/mol. The number of anilines is 1. The van der Waals surface area contributed by atoms with Gasteiger partial charge in [-0.1, -0.05) is 12.1 Å². The fraction of sp³-hybridized carbons (Fsp3) is 0.438. The van der Waals surface area contributed by atoms with Crippen LogP contribution in [-0.2, 0) is 0 Å². The Labute approximate surface area is 124 Å². The standard InChI is InChI=1S/C16H21N5/c1-3-15(20-10-2-7-18-12-20)14-11-19-21(16(14)4-1)13-5-8-17-9-6-13/h1-4,10-11,13,17-18H,5-9,12H2. The summed E-state index contributed by atoms with van der Waals surface area (Å²) in [6, 6.07) is 7.02. The summed E-state index contributed by atoms with van der Waals surface area (Å²) >= 11 is 0. The van der Waals surface area contributed by atoms with Crippen molar-refractivity contribution in [3.05, 3.63) is 36.7 Å². The maximum Gasteiger partial charge on any atom is 0.0728 e. The highest BCUT2D eigenvalue weighted by Gasteiger charge is 2.19. The normalized spacial score (nSPS) is 20.3. The van der Waals surface area contributed by atoms with Gasteiger partial charge in [-0.2, -0.15) is 5.10 Å². The van der Waals surface area contributed by atoms with E-state index in [0.29, 0.717) is 6.04 Å². The topological polar surface area (TPSA) is 45.1 Å². The largest absolute Gasteiger partial charge is 0.334 e. The quantitative estimate of drug-likeness (QED) is 0.883. The van der Waals surface area contributed by atoms with E-state index in [1.807, 2.05) is 6.20 Å². The van der Waals surface area contributed by atoms with E-state index in [4.69, 9.17) is 5.10 Å². The lowest BCUT2D eigenvalue weighted by Crippen LogP contribution is -2.34. The molecule has 0 spiro atoms. The Bertz CT molecular complexity index is 654. The second-order valence-corrected chi connectivity index (χ2v) is 5.75. The molecule has 2 aliphatic heterocycles. The Morgan fingerprint density at radius 3 is 2.86 bits per heavy atom. The molecule has 0 bridgehead atoms. The van der Waals surface area contributed by atoms with E-state index >= 15 is 0 Å². The average Bonchev–Trinajstić information content (AvgIpc) is 3.00. The summed E-state index contributed by atoms with van der Waals surface area (Å²) in [5.41, 5.74) is 2.48. The van der Waals surface area contributed by atoms with Gasteiger partial charge in [0.2, 0.25) is 0 Å². The second-order valence-electron chi connectivity index (χ2n) is 5.75. The minimum Gasteiger partial charge on any atom is -0.334 e. The van der Waals surface area contributed by atoms with Crippen LogP contribution >= 0.6 is 0 Å². The van der Waals surface area contributed by atoms with E-state index in [9.17, 15) is 0 Å². The van der Waals surface area contributed by atoms with E-state index in [1.165, 1.54) is 16.6 Å². The first-order chi connectivity index (χ1) is 10.4. The minimum atomic E-state index is 0.522. The Morgan fingerprint density at radius 2 is 2.05 bits per heavy atom. The predicted molar refractivity (Wildman–Crippen MR) is 85.4 cm³/mol. The molecule has 1 fully saturated rings. The van der Waals surface area contributed by atoms with Gasteiger partial charge in [0.05, 0.1) is 30.1 Å². The Hall–Kier alpha value is -1.85. The third-order valence-electron chi connectivity index (χ3n) is 4.41. The van der Waals surface area contributed by atoms with Crippen molar-refractivity contribution in [1.82, 2.24) is 20.4 Å². The number of rotatable bonds is 2. The molecule has 3 heterocycles. The van der Waals surface area contributed by atoms with Crippen LogP contribution in [0, 0.1) is 0 Å². The molecule has 2 N–H and O–H groups in total. The lowest BCUT2D eigenvalue weighted by molar-refractivity contribution is 0.351. The molecule has 0 saturated carbocycles. The molecule has 0 atom stereocenters. The third kappa shape index (κ3) is 2.32. The van der Waals surface area contributed by atoms with Gasteiger partial charge in [-0.25, -0.2) is 0 Å². The van der Waals surface area contributed by atoms with Crippen molar-refractivity contribution in [2.75, 3.05) is 31.2 Å². The number of nitrogens with zero attached hydrogens (tertiary/aromatic N) is 3. The number of fused-ring (bicyclic) bond motifs is 1. The Kier molecular flexibility index (Phi) is 3.37. The molecule has 2 aliphatic rings. The molecule has 21 heavy (non-hydrogen) atoms. The highest BCUT2D eigenvalue weighted by atomic mass is 15.3. The molecule has 0 amide bonds. The molecule has 0 aliphatic carbocycles. The van der Waals surface area contributed by atoms with Gasteiger partial charge >= 0.3 is 0 Å². The van der Waals surface area contributed by atoms with Crippen molar-refractivity contribution in [1.29, 1.82) is 0 Å². The van der Waals surface area contributed by atoms with Gasteiger partial charge in [0.15, 0.2) is 0 Å². The summed E-state index contributed by atoms with van der Waals surface area (Å²) < 4.78 is 2.22. The van der Waals surface area contributed by atoms with Crippen LogP contribution in [-0.4, -0.2) is 36.1 Å². The lowest BCUT2D eigenvalue weighted by Gasteiger charge is -2.26. The molecule has 4 rings (SSSR count). The summed E-state index contributed by atoms with van der Waals surface area (Å²) in [5.74, 6) is 0. The lowest BCUT2D eigenvalue weighted by atomic mass is 10.1. The number of hydrogen-bond donors (Lipinski definition) is 2. The first-order valence-electron chi connectivity index (χ1n) is 7.74. The Balaban J connectivity index is 1.75. The van der Waals surface area contributed by atoms with Crippen molar-refractivity contribution in [3.63, 3.8) is 0 Å². The van der Waals surface area contributed by atoms with Crippen LogP contribution in [0.25, 0.3) is 10.9 Å². The van der Waals surface area contributed by atoms with Crippen LogP contribution in [0.4, 0.5) is 5.69 Å². The van der Waals surface area contributed by atoms with Crippen molar-refractivity contribution >= 4 is 16.6 Å². The smallest absolute Gasteiger partial charge is 0.0728 e. The molecule has 0 radical (unpaired) electrons. The van der Waals surface area contributed by atoms with Gasteiger partial charge in [0, 0.05) is 18.1 Å². The monoisotopic (exact) mass is 283 g/mol. The summed E-state index contributed by atoms with van der Waals surface area (Å²) in [5, 5.41) is 12.7. The van der Waals surface area contributed by atoms with E-state index in [2.05, 4.69) is 50.7 Å². The summed E-state index contributed by atoms with van der Waals surface area (Å²) in [6.45, 7) is 3.98. The third-order valence-corrected chi connectivity index (χ3v) is 4.41. The Morgan fingerprint density at radius 1 is 1.14 bits per heavy atom. The van der Waals surface area contributed by atoms with Crippen molar-refractivity contribution in [3.8, 4) is 0 Å². The second kappa shape index (κ2) is 5.50. The van der Waals surface area contributed by atoms with Crippen molar-refractivity contribution in [2.24, 2.45) is 0 Å². The highest BCUT2D eigenvalue weighted by Crippen LogP contribution is 2.30. The SMILES string of the molecule is C1=CN(c2cccc3c2cnn3C2CCNCC2)CNC1. The number of aromatic nitrogens is 2. The number of nitrogens with one attached hydrogen (secondary N) is 2. The van der Waals surface area contributed by atoms with Gasteiger partial charge in [0.1, 0.15) is 0 Å². The van der Waals surface area contributed by atoms with Crippen LogP contribution in [0.1, 0.15) is 18.9 Å². The first kappa shape index (κ1) is 12.9. The molecular formula is C16H21N5. The van der Waals surface area contributed by atoms with Crippen LogP contribution < -0.4 is 15.5 Å². The van der Waals surface area contributed by atoms with Crippen molar-refractivity contribution < 1.29 is 0 Å². The fourth-order valence-corrected chi connectivity index (χ4v) is 3.31.